The molecule has 3 rings (SSSR count). The van der Waals surface area contributed by atoms with E-state index in [1.807, 2.05) is 19.1 Å². The summed E-state index contributed by atoms with van der Waals surface area (Å²) >= 11 is 3.42. The zero-order chi connectivity index (χ0) is 25.5. The molecule has 0 aliphatic heterocycles. The van der Waals surface area contributed by atoms with Crippen LogP contribution in [0, 0.1) is 17.8 Å². The molecular formula is C28H34BrNO5. The second-order valence-electron chi connectivity index (χ2n) is 9.59. The predicted octanol–water partition coefficient (Wildman–Crippen LogP) is 6.42. The van der Waals surface area contributed by atoms with Crippen LogP contribution in [0.2, 0.25) is 0 Å². The highest BCUT2D eigenvalue weighted by molar-refractivity contribution is 9.10. The second kappa shape index (κ2) is 12.3. The number of carbonyl (C=O) groups excluding carboxylic acids is 3. The first kappa shape index (κ1) is 26.9. The average molecular weight is 544 g/mol. The van der Waals surface area contributed by atoms with Gasteiger partial charge in [-0.2, -0.15) is 0 Å². The molecule has 2 aromatic carbocycles. The Labute approximate surface area is 215 Å². The van der Waals surface area contributed by atoms with Crippen LogP contribution >= 0.6 is 15.9 Å². The second-order valence-corrected chi connectivity index (χ2v) is 10.5. The molecule has 0 aromatic heterocycles. The first-order valence-electron chi connectivity index (χ1n) is 12.2. The lowest BCUT2D eigenvalue weighted by Gasteiger charge is -2.36. The van der Waals surface area contributed by atoms with Gasteiger partial charge in [-0.1, -0.05) is 62.2 Å². The van der Waals surface area contributed by atoms with E-state index in [1.54, 1.807) is 24.3 Å². The Kier molecular flexibility index (Phi) is 9.49. The van der Waals surface area contributed by atoms with Gasteiger partial charge in [-0.05, 0) is 72.9 Å². The van der Waals surface area contributed by atoms with Gasteiger partial charge in [-0.3, -0.25) is 4.79 Å². The van der Waals surface area contributed by atoms with Gasteiger partial charge in [-0.25, -0.2) is 9.59 Å². The summed E-state index contributed by atoms with van der Waals surface area (Å²) < 4.78 is 12.1. The third-order valence-corrected chi connectivity index (χ3v) is 7.14. The zero-order valence-electron chi connectivity index (χ0n) is 20.8. The third-order valence-electron chi connectivity index (χ3n) is 6.64. The lowest BCUT2D eigenvalue weighted by molar-refractivity contribution is -0.119. The van der Waals surface area contributed by atoms with Crippen LogP contribution in [0.15, 0.2) is 46.9 Å². The molecule has 1 aliphatic carbocycles. The van der Waals surface area contributed by atoms with Gasteiger partial charge in [0.2, 0.25) is 0 Å². The van der Waals surface area contributed by atoms with E-state index >= 15 is 0 Å². The molecule has 188 valence electrons. The van der Waals surface area contributed by atoms with Crippen LogP contribution in [-0.2, 0) is 20.7 Å². The Balaban J connectivity index is 1.65. The van der Waals surface area contributed by atoms with E-state index in [9.17, 15) is 14.4 Å². The number of anilines is 1. The fraction of sp³-hybridized carbons (Fsp3) is 0.464. The highest BCUT2D eigenvalue weighted by Gasteiger charge is 2.34. The van der Waals surface area contributed by atoms with E-state index in [0.29, 0.717) is 23.4 Å². The van der Waals surface area contributed by atoms with E-state index in [2.05, 4.69) is 42.0 Å². The number of amides is 1. The normalized spacial score (nSPS) is 19.8. The molecule has 7 heteroatoms. The summed E-state index contributed by atoms with van der Waals surface area (Å²) in [5, 5.41) is 2.78. The average Bonchev–Trinajstić information content (AvgIpc) is 2.83. The standard InChI is InChI=1S/C28H34BrNO5/c1-5-19-15-20(29)11-13-24(19)30-26(31)16-34-27(32)22-8-6-7-9-23(22)28(33)35-25-14-18(4)10-12-21(25)17(2)3/h6-9,11,13,15,17-18,21,25H,5,10,12,14,16H2,1-4H3,(H,30,31)/t18-,21+,25-/m1/s1. The molecule has 1 N–H and O–H groups in total. The summed E-state index contributed by atoms with van der Waals surface area (Å²) in [4.78, 5) is 38.3. The minimum atomic E-state index is -0.739. The van der Waals surface area contributed by atoms with Gasteiger partial charge in [0.15, 0.2) is 6.61 Å². The maximum atomic E-state index is 13.1. The minimum Gasteiger partial charge on any atom is -0.458 e. The molecule has 1 fully saturated rings. The van der Waals surface area contributed by atoms with Crippen LogP contribution in [0.25, 0.3) is 0 Å². The fourth-order valence-corrected chi connectivity index (χ4v) is 5.07. The first-order valence-corrected chi connectivity index (χ1v) is 13.0. The smallest absolute Gasteiger partial charge is 0.339 e. The van der Waals surface area contributed by atoms with Gasteiger partial charge in [-0.15, -0.1) is 0 Å². The van der Waals surface area contributed by atoms with Gasteiger partial charge in [0.05, 0.1) is 11.1 Å². The number of ether oxygens (including phenoxy) is 2. The van der Waals surface area contributed by atoms with Gasteiger partial charge in [0.1, 0.15) is 6.10 Å². The number of carbonyl (C=O) groups is 3. The topological polar surface area (TPSA) is 81.7 Å². The van der Waals surface area contributed by atoms with Crippen LogP contribution in [0.3, 0.4) is 0 Å². The van der Waals surface area contributed by atoms with Gasteiger partial charge in [0, 0.05) is 10.2 Å². The number of rotatable bonds is 8. The number of hydrogen-bond donors (Lipinski definition) is 1. The molecule has 0 radical (unpaired) electrons. The Morgan fingerprint density at radius 2 is 1.74 bits per heavy atom. The van der Waals surface area contributed by atoms with Crippen LogP contribution in [-0.4, -0.2) is 30.6 Å². The molecule has 0 bridgehead atoms. The molecule has 1 amide bonds. The molecule has 1 saturated carbocycles. The Bertz CT molecular complexity index is 1070. The number of nitrogens with one attached hydrogen (secondary N) is 1. The molecule has 0 spiro atoms. The Morgan fingerprint density at radius 1 is 1.06 bits per heavy atom. The van der Waals surface area contributed by atoms with Crippen LogP contribution < -0.4 is 5.32 Å². The Hall–Kier alpha value is -2.67. The predicted molar refractivity (Wildman–Crippen MR) is 139 cm³/mol. The quantitative estimate of drug-likeness (QED) is 0.388. The minimum absolute atomic E-state index is 0.0909. The molecule has 6 nitrogen and oxygen atoms in total. The molecule has 1 aliphatic rings. The summed E-state index contributed by atoms with van der Waals surface area (Å²) in [6.45, 7) is 8.00. The van der Waals surface area contributed by atoms with E-state index in [0.717, 1.165) is 35.7 Å². The zero-order valence-corrected chi connectivity index (χ0v) is 22.4. The summed E-state index contributed by atoms with van der Waals surface area (Å²) in [6, 6.07) is 12.0. The van der Waals surface area contributed by atoms with Gasteiger partial charge >= 0.3 is 11.9 Å². The van der Waals surface area contributed by atoms with E-state index in [1.165, 1.54) is 6.07 Å². The monoisotopic (exact) mass is 543 g/mol. The number of hydrogen-bond acceptors (Lipinski definition) is 5. The highest BCUT2D eigenvalue weighted by Crippen LogP contribution is 2.36. The number of benzene rings is 2. The van der Waals surface area contributed by atoms with Crippen molar-refractivity contribution in [3.63, 3.8) is 0 Å². The molecule has 2 aromatic rings. The molecule has 35 heavy (non-hydrogen) atoms. The number of halogens is 1. The molecule has 3 atom stereocenters. The highest BCUT2D eigenvalue weighted by atomic mass is 79.9. The van der Waals surface area contributed by atoms with Gasteiger partial charge < -0.3 is 14.8 Å². The summed E-state index contributed by atoms with van der Waals surface area (Å²) in [7, 11) is 0. The molecule has 0 saturated heterocycles. The van der Waals surface area contributed by atoms with Crippen molar-refractivity contribution in [3.8, 4) is 0 Å². The van der Waals surface area contributed by atoms with Crippen LogP contribution in [0.4, 0.5) is 5.69 Å². The van der Waals surface area contributed by atoms with Crippen molar-refractivity contribution in [2.45, 2.75) is 59.5 Å². The Morgan fingerprint density at radius 3 is 2.40 bits per heavy atom. The largest absolute Gasteiger partial charge is 0.458 e. The van der Waals surface area contributed by atoms with Crippen molar-refractivity contribution >= 4 is 39.5 Å². The molecular weight excluding hydrogens is 510 g/mol. The van der Waals surface area contributed by atoms with E-state index in [4.69, 9.17) is 9.47 Å². The summed E-state index contributed by atoms with van der Waals surface area (Å²) in [5.74, 6) is -0.541. The van der Waals surface area contributed by atoms with Crippen LogP contribution in [0.5, 0.6) is 0 Å². The van der Waals surface area contributed by atoms with Gasteiger partial charge in [0.25, 0.3) is 5.91 Å². The third kappa shape index (κ3) is 7.17. The fourth-order valence-electron chi connectivity index (χ4n) is 4.66. The van der Waals surface area contributed by atoms with Crippen molar-refractivity contribution in [1.82, 2.24) is 0 Å². The van der Waals surface area contributed by atoms with E-state index in [-0.39, 0.29) is 17.2 Å². The SMILES string of the molecule is CCc1cc(Br)ccc1NC(=O)COC(=O)c1ccccc1C(=O)O[C@@H]1C[C@H](C)CC[C@H]1C(C)C. The van der Waals surface area contributed by atoms with Crippen LogP contribution in [0.1, 0.15) is 73.2 Å². The number of aryl methyl sites for hydroxylation is 1. The van der Waals surface area contributed by atoms with Crippen molar-refractivity contribution in [3.05, 3.63) is 63.6 Å². The lowest BCUT2D eigenvalue weighted by Crippen LogP contribution is -2.36. The maximum absolute atomic E-state index is 13.1. The molecule has 0 heterocycles. The van der Waals surface area contributed by atoms with Crippen molar-refractivity contribution in [1.29, 1.82) is 0 Å². The van der Waals surface area contributed by atoms with E-state index < -0.39 is 24.5 Å². The first-order chi connectivity index (χ1) is 16.7. The summed E-state index contributed by atoms with van der Waals surface area (Å²) in [5.41, 5.74) is 1.87. The molecule has 0 unspecified atom stereocenters. The summed E-state index contributed by atoms with van der Waals surface area (Å²) in [6.07, 6.45) is 3.52. The lowest BCUT2D eigenvalue weighted by atomic mass is 9.75. The van der Waals surface area contributed by atoms with Crippen molar-refractivity contribution < 1.29 is 23.9 Å². The van der Waals surface area contributed by atoms with Crippen molar-refractivity contribution in [2.75, 3.05) is 11.9 Å². The van der Waals surface area contributed by atoms with Crippen molar-refractivity contribution in [2.24, 2.45) is 17.8 Å². The maximum Gasteiger partial charge on any atom is 0.339 e. The number of esters is 2.